The van der Waals surface area contributed by atoms with E-state index in [0.29, 0.717) is 5.56 Å². The maximum atomic E-state index is 13.9. The minimum atomic E-state index is -0.921. The van der Waals surface area contributed by atoms with E-state index in [4.69, 9.17) is 0 Å². The first-order chi connectivity index (χ1) is 11.5. The fraction of sp³-hybridized carbons (Fsp3) is 0.167. The van der Waals surface area contributed by atoms with Crippen molar-refractivity contribution in [3.05, 3.63) is 77.4 Å². The van der Waals surface area contributed by atoms with Crippen LogP contribution in [0.4, 0.5) is 8.78 Å². The summed E-state index contributed by atoms with van der Waals surface area (Å²) >= 11 is 0. The summed E-state index contributed by atoms with van der Waals surface area (Å²) in [6.45, 7) is 4.03. The number of rotatable bonds is 3. The normalized spacial score (nSPS) is 18.0. The lowest BCUT2D eigenvalue weighted by Crippen LogP contribution is -2.35. The second kappa shape index (κ2) is 6.51. The van der Waals surface area contributed by atoms with Crippen LogP contribution >= 0.6 is 0 Å². The number of amides is 1. The van der Waals surface area contributed by atoms with Gasteiger partial charge in [0, 0.05) is 13.1 Å². The van der Waals surface area contributed by atoms with Crippen molar-refractivity contribution >= 4 is 12.0 Å². The Morgan fingerprint density at radius 1 is 1.17 bits per heavy atom. The van der Waals surface area contributed by atoms with Crippen LogP contribution in [0.1, 0.15) is 27.7 Å². The molecular formula is C18H16F2N2O2. The van der Waals surface area contributed by atoms with Crippen molar-refractivity contribution in [1.29, 1.82) is 0 Å². The topological polar surface area (TPSA) is 43.8 Å². The average molecular weight is 330 g/mol. The number of hydrogen-bond acceptors (Lipinski definition) is 3. The molecule has 0 radical (unpaired) electrons. The van der Waals surface area contributed by atoms with E-state index in [1.54, 1.807) is 24.3 Å². The van der Waals surface area contributed by atoms with E-state index in [1.807, 2.05) is 6.07 Å². The predicted octanol–water partition coefficient (Wildman–Crippen LogP) is 3.45. The van der Waals surface area contributed by atoms with E-state index in [9.17, 15) is 18.8 Å². The Kier molecular flexibility index (Phi) is 4.42. The fourth-order valence-corrected chi connectivity index (χ4v) is 2.87. The quantitative estimate of drug-likeness (QED) is 0.937. The summed E-state index contributed by atoms with van der Waals surface area (Å²) in [6.07, 6.45) is 0.833. The maximum Gasteiger partial charge on any atom is 0.261 e. The van der Waals surface area contributed by atoms with Gasteiger partial charge >= 0.3 is 0 Å². The highest BCUT2D eigenvalue weighted by atomic mass is 19.1. The molecule has 1 amide bonds. The molecule has 1 unspecified atom stereocenters. The summed E-state index contributed by atoms with van der Waals surface area (Å²) in [5, 5.41) is 11.1. The second-order valence-electron chi connectivity index (χ2n) is 5.51. The first-order valence-electron chi connectivity index (χ1n) is 7.46. The Morgan fingerprint density at radius 3 is 2.50 bits per heavy atom. The number of carbonyl (C=O) groups is 1. The molecule has 1 N–H and O–H groups in total. The van der Waals surface area contributed by atoms with Crippen LogP contribution in [0.15, 0.2) is 49.0 Å². The average Bonchev–Trinajstić information content (AvgIpc) is 2.96. The van der Waals surface area contributed by atoms with Crippen molar-refractivity contribution in [2.75, 3.05) is 13.1 Å². The maximum absolute atomic E-state index is 13.9. The number of hydroxylamine groups is 2. The Morgan fingerprint density at radius 2 is 1.83 bits per heavy atom. The summed E-state index contributed by atoms with van der Waals surface area (Å²) in [7, 11) is 0. The molecule has 3 rings (SSSR count). The van der Waals surface area contributed by atoms with Crippen LogP contribution < -0.4 is 0 Å². The monoisotopic (exact) mass is 330 g/mol. The minimum Gasteiger partial charge on any atom is -0.315 e. The Labute approximate surface area is 138 Å². The number of benzene rings is 2. The Bertz CT molecular complexity index is 774. The van der Waals surface area contributed by atoms with Gasteiger partial charge in [-0.2, -0.15) is 5.06 Å². The van der Waals surface area contributed by atoms with E-state index in [-0.39, 0.29) is 13.1 Å². The summed E-state index contributed by atoms with van der Waals surface area (Å²) < 4.78 is 27.8. The lowest BCUT2D eigenvalue weighted by Gasteiger charge is -2.27. The van der Waals surface area contributed by atoms with E-state index >= 15 is 0 Å². The van der Waals surface area contributed by atoms with Crippen LogP contribution in [0.2, 0.25) is 0 Å². The summed E-state index contributed by atoms with van der Waals surface area (Å²) in [5.74, 6) is -2.64. The lowest BCUT2D eigenvalue weighted by atomic mass is 10.1. The lowest BCUT2D eigenvalue weighted by molar-refractivity contribution is -0.122. The molecule has 2 aromatic carbocycles. The highest BCUT2D eigenvalue weighted by molar-refractivity contribution is 5.95. The molecule has 0 aliphatic carbocycles. The molecule has 1 atom stereocenters. The standard InChI is InChI=1S/C18H16F2N2O2/c1-2-12-5-3-6-13(11-12)17-21(9-10-22(17)24)18(23)16-14(19)7-4-8-15(16)20/h2-8,11,17,24H,1,9-10H2. The van der Waals surface area contributed by atoms with Gasteiger partial charge in [-0.05, 0) is 29.3 Å². The third-order valence-electron chi connectivity index (χ3n) is 4.03. The van der Waals surface area contributed by atoms with Gasteiger partial charge in [0.05, 0.1) is 0 Å². The number of nitrogens with zero attached hydrogens (tertiary/aromatic N) is 2. The van der Waals surface area contributed by atoms with E-state index in [0.717, 1.165) is 22.8 Å². The van der Waals surface area contributed by atoms with Crippen LogP contribution in [0.5, 0.6) is 0 Å². The zero-order valence-corrected chi connectivity index (χ0v) is 12.8. The SMILES string of the molecule is C=Cc1cccc(C2N(O)CCN2C(=O)c2c(F)cccc2F)c1. The molecule has 1 aliphatic heterocycles. The molecule has 24 heavy (non-hydrogen) atoms. The number of carbonyl (C=O) groups excluding carboxylic acids is 1. The molecular weight excluding hydrogens is 314 g/mol. The highest BCUT2D eigenvalue weighted by Gasteiger charge is 2.37. The van der Waals surface area contributed by atoms with Gasteiger partial charge in [-0.1, -0.05) is 36.9 Å². The van der Waals surface area contributed by atoms with Gasteiger partial charge in [-0.3, -0.25) is 4.79 Å². The zero-order chi connectivity index (χ0) is 17.3. The second-order valence-corrected chi connectivity index (χ2v) is 5.51. The van der Waals surface area contributed by atoms with Crippen molar-refractivity contribution in [1.82, 2.24) is 9.96 Å². The number of halogens is 2. The van der Waals surface area contributed by atoms with Crippen LogP contribution in [0.25, 0.3) is 6.08 Å². The zero-order valence-electron chi connectivity index (χ0n) is 12.8. The van der Waals surface area contributed by atoms with Gasteiger partial charge in [-0.15, -0.1) is 0 Å². The molecule has 2 aromatic rings. The molecule has 1 saturated heterocycles. The van der Waals surface area contributed by atoms with Crippen molar-refractivity contribution in [3.8, 4) is 0 Å². The van der Waals surface area contributed by atoms with Gasteiger partial charge < -0.3 is 10.1 Å². The summed E-state index contributed by atoms with van der Waals surface area (Å²) in [4.78, 5) is 13.9. The van der Waals surface area contributed by atoms with Crippen molar-refractivity contribution in [2.45, 2.75) is 6.17 Å². The highest BCUT2D eigenvalue weighted by Crippen LogP contribution is 2.31. The molecule has 0 aromatic heterocycles. The molecule has 6 heteroatoms. The van der Waals surface area contributed by atoms with Gasteiger partial charge in [-0.25, -0.2) is 8.78 Å². The van der Waals surface area contributed by atoms with Crippen molar-refractivity contribution < 1.29 is 18.8 Å². The van der Waals surface area contributed by atoms with E-state index < -0.39 is 29.3 Å². The van der Waals surface area contributed by atoms with E-state index in [2.05, 4.69) is 6.58 Å². The molecule has 1 heterocycles. The smallest absolute Gasteiger partial charge is 0.261 e. The number of hydrogen-bond donors (Lipinski definition) is 1. The fourth-order valence-electron chi connectivity index (χ4n) is 2.87. The molecule has 1 fully saturated rings. The van der Waals surface area contributed by atoms with Gasteiger partial charge in [0.15, 0.2) is 0 Å². The van der Waals surface area contributed by atoms with Crippen LogP contribution in [-0.4, -0.2) is 34.2 Å². The van der Waals surface area contributed by atoms with E-state index in [1.165, 1.54) is 11.0 Å². The molecule has 124 valence electrons. The largest absolute Gasteiger partial charge is 0.315 e. The van der Waals surface area contributed by atoms with Gasteiger partial charge in [0.25, 0.3) is 5.91 Å². The predicted molar refractivity (Wildman–Crippen MR) is 85.2 cm³/mol. The molecule has 0 bridgehead atoms. The van der Waals surface area contributed by atoms with Crippen LogP contribution in [-0.2, 0) is 0 Å². The molecule has 0 spiro atoms. The summed E-state index contributed by atoms with van der Waals surface area (Å²) in [6, 6.07) is 10.4. The molecule has 4 nitrogen and oxygen atoms in total. The molecule has 0 saturated carbocycles. The third kappa shape index (κ3) is 2.81. The Balaban J connectivity index is 2.00. The van der Waals surface area contributed by atoms with Crippen molar-refractivity contribution in [2.24, 2.45) is 0 Å². The summed E-state index contributed by atoms with van der Waals surface area (Å²) in [5.41, 5.74) is 0.840. The third-order valence-corrected chi connectivity index (χ3v) is 4.03. The molecule has 1 aliphatic rings. The first kappa shape index (κ1) is 16.3. The Hall–Kier alpha value is -2.57. The van der Waals surface area contributed by atoms with Crippen LogP contribution in [0, 0.1) is 11.6 Å². The minimum absolute atomic E-state index is 0.159. The van der Waals surface area contributed by atoms with Crippen LogP contribution in [0.3, 0.4) is 0 Å². The first-order valence-corrected chi connectivity index (χ1v) is 7.46. The van der Waals surface area contributed by atoms with Gasteiger partial charge in [0.1, 0.15) is 23.4 Å². The van der Waals surface area contributed by atoms with Gasteiger partial charge in [0.2, 0.25) is 0 Å². The van der Waals surface area contributed by atoms with Crippen molar-refractivity contribution in [3.63, 3.8) is 0 Å².